The van der Waals surface area contributed by atoms with Crippen LogP contribution in [0.3, 0.4) is 0 Å². The highest BCUT2D eigenvalue weighted by Gasteiger charge is 2.23. The van der Waals surface area contributed by atoms with E-state index in [0.717, 1.165) is 65.9 Å². The molecule has 142 valence electrons. The number of fused-ring (bicyclic) bond motifs is 3. The highest BCUT2D eigenvalue weighted by atomic mass is 35.5. The van der Waals surface area contributed by atoms with Gasteiger partial charge in [0, 0.05) is 48.7 Å². The Morgan fingerprint density at radius 1 is 0.929 bits per heavy atom. The molecule has 1 fully saturated rings. The van der Waals surface area contributed by atoms with Crippen molar-refractivity contribution in [2.24, 2.45) is 0 Å². The highest BCUT2D eigenvalue weighted by molar-refractivity contribution is 6.30. The summed E-state index contributed by atoms with van der Waals surface area (Å²) >= 11 is 6.17. The minimum Gasteiger partial charge on any atom is -0.368 e. The van der Waals surface area contributed by atoms with Crippen LogP contribution in [-0.2, 0) is 6.42 Å². The van der Waals surface area contributed by atoms with E-state index < -0.39 is 0 Å². The van der Waals surface area contributed by atoms with E-state index in [0.29, 0.717) is 0 Å². The van der Waals surface area contributed by atoms with Crippen LogP contribution in [0.2, 0.25) is 5.02 Å². The molecule has 0 amide bonds. The van der Waals surface area contributed by atoms with Crippen LogP contribution in [0, 0.1) is 0 Å². The molecule has 2 aromatic heterocycles. The maximum atomic E-state index is 6.17. The summed E-state index contributed by atoms with van der Waals surface area (Å²) in [7, 11) is 0. The van der Waals surface area contributed by atoms with Crippen LogP contribution < -0.4 is 9.80 Å². The van der Waals surface area contributed by atoms with Gasteiger partial charge in [-0.2, -0.15) is 0 Å². The lowest BCUT2D eigenvalue weighted by Crippen LogP contribution is -2.47. The van der Waals surface area contributed by atoms with E-state index in [9.17, 15) is 0 Å². The van der Waals surface area contributed by atoms with Crippen molar-refractivity contribution in [1.29, 1.82) is 0 Å². The summed E-state index contributed by atoms with van der Waals surface area (Å²) in [5.74, 6) is 1.88. The smallest absolute Gasteiger partial charge is 0.213 e. The Morgan fingerprint density at radius 2 is 1.71 bits per heavy atom. The molecule has 7 heteroatoms. The molecular formula is C21H21ClN6. The fourth-order valence-corrected chi connectivity index (χ4v) is 4.08. The Hall–Kier alpha value is -2.86. The summed E-state index contributed by atoms with van der Waals surface area (Å²) in [6.45, 7) is 5.70. The molecule has 0 radical (unpaired) electrons. The number of anilines is 2. The Bertz CT molecular complexity index is 1150. The van der Waals surface area contributed by atoms with Crippen molar-refractivity contribution in [3.63, 3.8) is 0 Å². The van der Waals surface area contributed by atoms with Crippen molar-refractivity contribution in [1.82, 2.24) is 19.6 Å². The van der Waals surface area contributed by atoms with Gasteiger partial charge in [0.15, 0.2) is 5.65 Å². The first-order valence-electron chi connectivity index (χ1n) is 9.63. The maximum absolute atomic E-state index is 6.17. The molecule has 0 aliphatic carbocycles. The second-order valence-electron chi connectivity index (χ2n) is 7.01. The Balaban J connectivity index is 1.51. The fourth-order valence-electron chi connectivity index (χ4n) is 3.90. The van der Waals surface area contributed by atoms with Crippen molar-refractivity contribution >= 4 is 39.8 Å². The van der Waals surface area contributed by atoms with Gasteiger partial charge in [-0.1, -0.05) is 36.7 Å². The Morgan fingerprint density at radius 3 is 2.50 bits per heavy atom. The summed E-state index contributed by atoms with van der Waals surface area (Å²) in [5.41, 5.74) is 3.01. The normalized spacial score (nSPS) is 14.9. The molecule has 0 atom stereocenters. The van der Waals surface area contributed by atoms with Crippen molar-refractivity contribution in [3.05, 3.63) is 59.4 Å². The van der Waals surface area contributed by atoms with Gasteiger partial charge in [0.05, 0.1) is 5.52 Å². The van der Waals surface area contributed by atoms with Gasteiger partial charge in [0.1, 0.15) is 5.82 Å². The highest BCUT2D eigenvalue weighted by Crippen LogP contribution is 2.26. The quantitative estimate of drug-likeness (QED) is 0.530. The second kappa shape index (κ2) is 6.95. The number of para-hydroxylation sites is 1. The van der Waals surface area contributed by atoms with E-state index in [-0.39, 0.29) is 0 Å². The van der Waals surface area contributed by atoms with Gasteiger partial charge in [-0.05, 0) is 30.3 Å². The molecule has 0 N–H and O–H groups in total. The van der Waals surface area contributed by atoms with E-state index >= 15 is 0 Å². The number of aryl methyl sites for hydroxylation is 1. The summed E-state index contributed by atoms with van der Waals surface area (Å²) in [6, 6.07) is 16.2. The average Bonchev–Trinajstić information content (AvgIpc) is 3.18. The number of aromatic nitrogens is 4. The summed E-state index contributed by atoms with van der Waals surface area (Å²) in [4.78, 5) is 9.69. The topological polar surface area (TPSA) is 49.6 Å². The van der Waals surface area contributed by atoms with Crippen LogP contribution in [-0.4, -0.2) is 45.8 Å². The van der Waals surface area contributed by atoms with Crippen LogP contribution >= 0.6 is 11.6 Å². The van der Waals surface area contributed by atoms with Crippen LogP contribution in [0.4, 0.5) is 11.6 Å². The van der Waals surface area contributed by atoms with Crippen molar-refractivity contribution in [3.8, 4) is 0 Å². The molecule has 2 aromatic carbocycles. The molecule has 0 saturated carbocycles. The molecule has 6 nitrogen and oxygen atoms in total. The number of hydrogen-bond donors (Lipinski definition) is 0. The zero-order chi connectivity index (χ0) is 19.1. The van der Waals surface area contributed by atoms with Crippen molar-refractivity contribution < 1.29 is 0 Å². The average molecular weight is 393 g/mol. The van der Waals surface area contributed by atoms with Crippen molar-refractivity contribution in [2.45, 2.75) is 13.3 Å². The summed E-state index contributed by atoms with van der Waals surface area (Å²) in [5, 5.41) is 10.7. The van der Waals surface area contributed by atoms with Crippen molar-refractivity contribution in [2.75, 3.05) is 36.0 Å². The predicted molar refractivity (Wildman–Crippen MR) is 114 cm³/mol. The van der Waals surface area contributed by atoms with E-state index in [4.69, 9.17) is 16.6 Å². The number of halogens is 1. The lowest BCUT2D eigenvalue weighted by molar-refractivity contribution is 0.635. The Kier molecular flexibility index (Phi) is 4.28. The van der Waals surface area contributed by atoms with Gasteiger partial charge in [-0.3, -0.25) is 0 Å². The molecule has 3 heterocycles. The molecule has 0 bridgehead atoms. The van der Waals surface area contributed by atoms with Crippen LogP contribution in [0.1, 0.15) is 12.7 Å². The molecular weight excluding hydrogens is 372 g/mol. The van der Waals surface area contributed by atoms with E-state index in [1.807, 2.05) is 36.4 Å². The van der Waals surface area contributed by atoms with Crippen LogP contribution in [0.15, 0.2) is 48.5 Å². The molecule has 5 rings (SSSR count). The maximum Gasteiger partial charge on any atom is 0.213 e. The monoisotopic (exact) mass is 392 g/mol. The van der Waals surface area contributed by atoms with Gasteiger partial charge in [-0.25, -0.2) is 9.38 Å². The fraction of sp³-hybridized carbons (Fsp3) is 0.286. The first kappa shape index (κ1) is 17.3. The number of benzene rings is 2. The van der Waals surface area contributed by atoms with E-state index in [1.165, 1.54) is 5.69 Å². The largest absolute Gasteiger partial charge is 0.368 e. The SMILES string of the molecule is CCc1nnc2c3ccccc3nc(N3CCN(c4cccc(Cl)c4)CC3)n12. The van der Waals surface area contributed by atoms with Gasteiger partial charge in [-0.15, -0.1) is 10.2 Å². The van der Waals surface area contributed by atoms with E-state index in [1.54, 1.807) is 0 Å². The molecule has 4 aromatic rings. The second-order valence-corrected chi connectivity index (χ2v) is 7.45. The van der Waals surface area contributed by atoms with Crippen LogP contribution in [0.5, 0.6) is 0 Å². The third-order valence-electron chi connectivity index (χ3n) is 5.35. The number of nitrogens with zero attached hydrogens (tertiary/aromatic N) is 6. The third-order valence-corrected chi connectivity index (χ3v) is 5.58. The third kappa shape index (κ3) is 2.85. The first-order chi connectivity index (χ1) is 13.7. The molecule has 1 aliphatic rings. The predicted octanol–water partition coefficient (Wildman–Crippen LogP) is 3.82. The Labute approximate surface area is 168 Å². The minimum atomic E-state index is 0.773. The summed E-state index contributed by atoms with van der Waals surface area (Å²) < 4.78 is 2.12. The standard InChI is InChI=1S/C21H21ClN6/c1-2-19-24-25-20-17-8-3-4-9-18(17)23-21(28(19)20)27-12-10-26(11-13-27)16-7-5-6-15(22)14-16/h3-9,14H,2,10-13H2,1H3. The van der Waals surface area contributed by atoms with Gasteiger partial charge >= 0.3 is 0 Å². The lowest BCUT2D eigenvalue weighted by Gasteiger charge is -2.37. The first-order valence-corrected chi connectivity index (χ1v) is 10.0. The zero-order valence-electron chi connectivity index (χ0n) is 15.7. The summed E-state index contributed by atoms with van der Waals surface area (Å²) in [6.07, 6.45) is 0.816. The minimum absolute atomic E-state index is 0.773. The molecule has 0 unspecified atom stereocenters. The van der Waals surface area contributed by atoms with Gasteiger partial charge < -0.3 is 9.80 Å². The number of hydrogen-bond acceptors (Lipinski definition) is 5. The number of rotatable bonds is 3. The number of piperazine rings is 1. The molecule has 1 aliphatic heterocycles. The van der Waals surface area contributed by atoms with Crippen LogP contribution in [0.25, 0.3) is 16.6 Å². The van der Waals surface area contributed by atoms with Gasteiger partial charge in [0.2, 0.25) is 5.95 Å². The lowest BCUT2D eigenvalue weighted by atomic mass is 10.2. The van der Waals surface area contributed by atoms with Gasteiger partial charge in [0.25, 0.3) is 0 Å². The molecule has 0 spiro atoms. The van der Waals surface area contributed by atoms with E-state index in [2.05, 4.69) is 43.5 Å². The zero-order valence-corrected chi connectivity index (χ0v) is 16.5. The molecule has 1 saturated heterocycles. The molecule has 28 heavy (non-hydrogen) atoms.